The summed E-state index contributed by atoms with van der Waals surface area (Å²) >= 11 is 0. The summed E-state index contributed by atoms with van der Waals surface area (Å²) < 4.78 is 0. The molecule has 1 amide bonds. The highest BCUT2D eigenvalue weighted by Gasteiger charge is 2.03. The average Bonchev–Trinajstić information content (AvgIpc) is 1.97. The second kappa shape index (κ2) is 6.87. The molecule has 1 unspecified atom stereocenters. The number of nitrogens with two attached hydrogens (primary N) is 2. The van der Waals surface area contributed by atoms with Gasteiger partial charge >= 0.3 is 6.09 Å². The third kappa shape index (κ3) is 7.30. The summed E-state index contributed by atoms with van der Waals surface area (Å²) in [6.45, 7) is 0.682. The average molecular weight is 175 g/mol. The van der Waals surface area contributed by atoms with E-state index in [0.717, 1.165) is 19.3 Å². The minimum Gasteiger partial charge on any atom is -0.465 e. The van der Waals surface area contributed by atoms with E-state index in [9.17, 15) is 4.79 Å². The van der Waals surface area contributed by atoms with Crippen LogP contribution in [0.5, 0.6) is 0 Å². The minimum absolute atomic E-state index is 0.444. The molecule has 6 N–H and O–H groups in total. The van der Waals surface area contributed by atoms with Crippen LogP contribution in [0.4, 0.5) is 4.79 Å². The fourth-order valence-electron chi connectivity index (χ4n) is 0.916. The first-order chi connectivity index (χ1) is 5.66. The van der Waals surface area contributed by atoms with Crippen LogP contribution in [0.3, 0.4) is 0 Å². The smallest absolute Gasteiger partial charge is 0.405 e. The van der Waals surface area contributed by atoms with Gasteiger partial charge in [-0.15, -0.1) is 0 Å². The molecule has 72 valence electrons. The van der Waals surface area contributed by atoms with E-state index in [2.05, 4.69) is 5.32 Å². The van der Waals surface area contributed by atoms with E-state index < -0.39 is 12.3 Å². The molecular weight excluding hydrogens is 158 g/mol. The molecule has 0 radical (unpaired) electrons. The van der Waals surface area contributed by atoms with Crippen molar-refractivity contribution in [3.8, 4) is 0 Å². The van der Waals surface area contributed by atoms with Crippen molar-refractivity contribution >= 4 is 6.09 Å². The van der Waals surface area contributed by atoms with Crippen molar-refractivity contribution < 1.29 is 9.90 Å². The Morgan fingerprint density at radius 1 is 1.42 bits per heavy atom. The van der Waals surface area contributed by atoms with Gasteiger partial charge in [-0.1, -0.05) is 12.8 Å². The molecule has 0 saturated carbocycles. The van der Waals surface area contributed by atoms with E-state index in [1.165, 1.54) is 0 Å². The summed E-state index contributed by atoms with van der Waals surface area (Å²) in [5, 5.41) is 10.5. The second-order valence-electron chi connectivity index (χ2n) is 2.69. The predicted octanol–water partition coefficient (Wildman–Crippen LogP) is 0.0579. The molecule has 0 spiro atoms. The lowest BCUT2D eigenvalue weighted by Crippen LogP contribution is -2.40. The third-order valence-electron chi connectivity index (χ3n) is 1.53. The third-order valence-corrected chi connectivity index (χ3v) is 1.53. The van der Waals surface area contributed by atoms with Gasteiger partial charge in [-0.2, -0.15) is 0 Å². The van der Waals surface area contributed by atoms with E-state index >= 15 is 0 Å². The fraction of sp³-hybridized carbons (Fsp3) is 0.857. The molecule has 0 heterocycles. The molecule has 5 heteroatoms. The maximum Gasteiger partial charge on any atom is 0.405 e. The number of hydrogen-bond acceptors (Lipinski definition) is 3. The Kier molecular flexibility index (Phi) is 6.41. The lowest BCUT2D eigenvalue weighted by molar-refractivity contribution is 0.189. The molecule has 0 aromatic rings. The van der Waals surface area contributed by atoms with E-state index in [4.69, 9.17) is 16.6 Å². The highest BCUT2D eigenvalue weighted by Crippen LogP contribution is 1.99. The first-order valence-corrected chi connectivity index (χ1v) is 4.12. The van der Waals surface area contributed by atoms with Crippen LogP contribution in [0.1, 0.15) is 25.7 Å². The Hall–Kier alpha value is -0.810. The van der Waals surface area contributed by atoms with Gasteiger partial charge in [0.15, 0.2) is 0 Å². The van der Waals surface area contributed by atoms with Crippen molar-refractivity contribution in [1.82, 2.24) is 5.32 Å². The Morgan fingerprint density at radius 2 is 2.08 bits per heavy atom. The molecule has 1 atom stereocenters. The van der Waals surface area contributed by atoms with Gasteiger partial charge in [-0.05, 0) is 19.4 Å². The molecule has 0 fully saturated rings. The van der Waals surface area contributed by atoms with Crippen LogP contribution in [0.2, 0.25) is 0 Å². The first kappa shape index (κ1) is 11.2. The quantitative estimate of drug-likeness (QED) is 0.338. The van der Waals surface area contributed by atoms with E-state index in [1.807, 2.05) is 0 Å². The SMILES string of the molecule is NCCCCCC(N)NC(=O)O. The van der Waals surface area contributed by atoms with E-state index in [-0.39, 0.29) is 0 Å². The zero-order valence-corrected chi connectivity index (χ0v) is 7.12. The van der Waals surface area contributed by atoms with Crippen molar-refractivity contribution in [2.45, 2.75) is 31.8 Å². The molecular formula is C7H17N3O2. The maximum atomic E-state index is 10.1. The lowest BCUT2D eigenvalue weighted by Gasteiger charge is -2.10. The van der Waals surface area contributed by atoms with Gasteiger partial charge in [0.2, 0.25) is 0 Å². The Bertz CT molecular complexity index is 130. The molecule has 0 bridgehead atoms. The Balaban J connectivity index is 3.19. The van der Waals surface area contributed by atoms with Crippen LogP contribution in [-0.4, -0.2) is 23.9 Å². The number of hydrogen-bond donors (Lipinski definition) is 4. The molecule has 12 heavy (non-hydrogen) atoms. The van der Waals surface area contributed by atoms with Gasteiger partial charge < -0.3 is 21.9 Å². The summed E-state index contributed by atoms with van der Waals surface area (Å²) in [7, 11) is 0. The normalized spacial score (nSPS) is 12.5. The van der Waals surface area contributed by atoms with E-state index in [1.54, 1.807) is 0 Å². The molecule has 5 nitrogen and oxygen atoms in total. The molecule has 0 rings (SSSR count). The first-order valence-electron chi connectivity index (χ1n) is 4.12. The van der Waals surface area contributed by atoms with Crippen LogP contribution in [-0.2, 0) is 0 Å². The number of carbonyl (C=O) groups is 1. The van der Waals surface area contributed by atoms with Crippen LogP contribution in [0.25, 0.3) is 0 Å². The number of amides is 1. The summed E-state index contributed by atoms with van der Waals surface area (Å²) in [5.41, 5.74) is 10.7. The number of unbranched alkanes of at least 4 members (excludes halogenated alkanes) is 2. The highest BCUT2D eigenvalue weighted by atomic mass is 16.4. The zero-order chi connectivity index (χ0) is 9.40. The number of carboxylic acid groups (broad SMARTS) is 1. The molecule has 0 saturated heterocycles. The largest absolute Gasteiger partial charge is 0.465 e. The molecule has 0 aliphatic heterocycles. The van der Waals surface area contributed by atoms with Crippen molar-refractivity contribution in [2.24, 2.45) is 11.5 Å². The molecule has 0 aromatic carbocycles. The summed E-state index contributed by atoms with van der Waals surface area (Å²) in [4.78, 5) is 10.1. The van der Waals surface area contributed by atoms with Gasteiger partial charge in [-0.25, -0.2) is 4.79 Å². The monoisotopic (exact) mass is 175 g/mol. The van der Waals surface area contributed by atoms with Crippen molar-refractivity contribution in [3.63, 3.8) is 0 Å². The van der Waals surface area contributed by atoms with Gasteiger partial charge in [0, 0.05) is 0 Å². The summed E-state index contributed by atoms with van der Waals surface area (Å²) in [6, 6.07) is 0. The van der Waals surface area contributed by atoms with Crippen molar-refractivity contribution in [2.75, 3.05) is 6.54 Å². The molecule has 0 aliphatic carbocycles. The van der Waals surface area contributed by atoms with Crippen LogP contribution < -0.4 is 16.8 Å². The zero-order valence-electron chi connectivity index (χ0n) is 7.12. The standard InChI is InChI=1S/C7H17N3O2/c8-5-3-1-2-4-6(9)10-7(11)12/h6,10H,1-5,8-9H2,(H,11,12). The predicted molar refractivity (Wildman–Crippen MR) is 46.7 cm³/mol. The van der Waals surface area contributed by atoms with Gasteiger partial charge in [0.1, 0.15) is 0 Å². The van der Waals surface area contributed by atoms with E-state index in [0.29, 0.717) is 13.0 Å². The summed E-state index contributed by atoms with van der Waals surface area (Å²) in [5.74, 6) is 0. The lowest BCUT2D eigenvalue weighted by atomic mass is 10.1. The maximum absolute atomic E-state index is 10.1. The summed E-state index contributed by atoms with van der Waals surface area (Å²) in [6.07, 6.45) is 2.05. The molecule has 0 aromatic heterocycles. The van der Waals surface area contributed by atoms with Crippen molar-refractivity contribution in [3.05, 3.63) is 0 Å². The second-order valence-corrected chi connectivity index (χ2v) is 2.69. The van der Waals surface area contributed by atoms with Crippen LogP contribution in [0, 0.1) is 0 Å². The fourth-order valence-corrected chi connectivity index (χ4v) is 0.916. The van der Waals surface area contributed by atoms with Gasteiger partial charge in [0.05, 0.1) is 6.17 Å². The Labute approximate surface area is 72.1 Å². The van der Waals surface area contributed by atoms with Crippen LogP contribution >= 0.6 is 0 Å². The highest BCUT2D eigenvalue weighted by molar-refractivity contribution is 5.64. The Morgan fingerprint density at radius 3 is 2.58 bits per heavy atom. The van der Waals surface area contributed by atoms with Gasteiger partial charge in [0.25, 0.3) is 0 Å². The minimum atomic E-state index is -1.07. The molecule has 0 aliphatic rings. The van der Waals surface area contributed by atoms with Gasteiger partial charge in [-0.3, -0.25) is 0 Å². The topological polar surface area (TPSA) is 101 Å². The number of nitrogens with one attached hydrogen (secondary N) is 1. The number of rotatable bonds is 6. The van der Waals surface area contributed by atoms with Crippen LogP contribution in [0.15, 0.2) is 0 Å². The van der Waals surface area contributed by atoms with Crippen molar-refractivity contribution in [1.29, 1.82) is 0 Å².